The molecule has 0 aliphatic rings. The molecule has 18 heavy (non-hydrogen) atoms. The molecule has 0 aliphatic carbocycles. The molecule has 1 rings (SSSR count). The second kappa shape index (κ2) is 7.58. The van der Waals surface area contributed by atoms with Gasteiger partial charge in [0.05, 0.1) is 5.60 Å². The summed E-state index contributed by atoms with van der Waals surface area (Å²) in [7, 11) is 0. The quantitative estimate of drug-likeness (QED) is 0.654. The monoisotopic (exact) mass is 248 g/mol. The molecule has 1 N–H and O–H groups in total. The highest BCUT2D eigenvalue weighted by Gasteiger charge is 2.22. The maximum Gasteiger partial charge on any atom is 0.0868 e. The van der Waals surface area contributed by atoms with E-state index < -0.39 is 5.60 Å². The Morgan fingerprint density at radius 2 is 1.78 bits per heavy atom. The Morgan fingerprint density at radius 1 is 1.06 bits per heavy atom. The van der Waals surface area contributed by atoms with Crippen LogP contribution in [0.15, 0.2) is 24.3 Å². The van der Waals surface area contributed by atoms with Gasteiger partial charge in [0, 0.05) is 0 Å². The van der Waals surface area contributed by atoms with Crippen LogP contribution in [0.1, 0.15) is 70.4 Å². The second-order valence-corrected chi connectivity index (χ2v) is 5.53. The van der Waals surface area contributed by atoms with Crippen LogP contribution in [0.2, 0.25) is 0 Å². The molecule has 1 aromatic carbocycles. The largest absolute Gasteiger partial charge is 0.385 e. The molecule has 0 saturated heterocycles. The number of benzene rings is 1. The van der Waals surface area contributed by atoms with E-state index in [4.69, 9.17) is 0 Å². The van der Waals surface area contributed by atoms with Crippen LogP contribution < -0.4 is 0 Å². The van der Waals surface area contributed by atoms with Gasteiger partial charge in [0.15, 0.2) is 0 Å². The Labute approximate surface area is 112 Å². The third-order valence-corrected chi connectivity index (χ3v) is 3.64. The smallest absolute Gasteiger partial charge is 0.0868 e. The first-order valence-electron chi connectivity index (χ1n) is 7.42. The molecule has 0 spiro atoms. The highest BCUT2D eigenvalue weighted by Crippen LogP contribution is 2.27. The Morgan fingerprint density at radius 3 is 2.44 bits per heavy atom. The van der Waals surface area contributed by atoms with E-state index in [1.54, 1.807) is 0 Å². The predicted molar refractivity (Wildman–Crippen MR) is 78.8 cm³/mol. The van der Waals surface area contributed by atoms with E-state index in [1.807, 2.05) is 6.92 Å². The molecule has 1 unspecified atom stereocenters. The van der Waals surface area contributed by atoms with Crippen molar-refractivity contribution < 1.29 is 5.11 Å². The molecular formula is C17H28O. The molecule has 0 heterocycles. The van der Waals surface area contributed by atoms with Crippen molar-refractivity contribution in [2.45, 2.75) is 71.3 Å². The number of rotatable bonds is 8. The minimum atomic E-state index is -0.669. The van der Waals surface area contributed by atoms with Crippen LogP contribution in [-0.4, -0.2) is 5.11 Å². The lowest BCUT2D eigenvalue weighted by molar-refractivity contribution is 0.0449. The SMILES string of the molecule is CCCCCC(C)(O)c1cccc(CCCC)c1. The summed E-state index contributed by atoms with van der Waals surface area (Å²) in [6.45, 7) is 6.35. The second-order valence-electron chi connectivity index (χ2n) is 5.53. The van der Waals surface area contributed by atoms with Gasteiger partial charge in [-0.05, 0) is 37.3 Å². The molecule has 0 bridgehead atoms. The van der Waals surface area contributed by atoms with E-state index in [1.165, 1.54) is 31.2 Å². The zero-order valence-corrected chi connectivity index (χ0v) is 12.2. The van der Waals surface area contributed by atoms with Gasteiger partial charge in [0.2, 0.25) is 0 Å². The van der Waals surface area contributed by atoms with Crippen LogP contribution in [0.5, 0.6) is 0 Å². The van der Waals surface area contributed by atoms with Crippen molar-refractivity contribution in [3.63, 3.8) is 0 Å². The molecule has 102 valence electrons. The van der Waals surface area contributed by atoms with Crippen LogP contribution in [0.25, 0.3) is 0 Å². The van der Waals surface area contributed by atoms with Crippen molar-refractivity contribution >= 4 is 0 Å². The summed E-state index contributed by atoms with van der Waals surface area (Å²) in [5.41, 5.74) is 1.76. The predicted octanol–water partition coefficient (Wildman–Crippen LogP) is 4.82. The number of hydrogen-bond acceptors (Lipinski definition) is 1. The summed E-state index contributed by atoms with van der Waals surface area (Å²) in [4.78, 5) is 0. The van der Waals surface area contributed by atoms with E-state index in [2.05, 4.69) is 38.1 Å². The summed E-state index contributed by atoms with van der Waals surface area (Å²) < 4.78 is 0. The number of unbranched alkanes of at least 4 members (excludes halogenated alkanes) is 3. The highest BCUT2D eigenvalue weighted by atomic mass is 16.3. The Balaban J connectivity index is 2.68. The summed E-state index contributed by atoms with van der Waals surface area (Å²) >= 11 is 0. The van der Waals surface area contributed by atoms with Crippen molar-refractivity contribution in [2.24, 2.45) is 0 Å². The fraction of sp³-hybridized carbons (Fsp3) is 0.647. The zero-order valence-electron chi connectivity index (χ0n) is 12.2. The lowest BCUT2D eigenvalue weighted by atomic mass is 9.88. The van der Waals surface area contributed by atoms with Crippen LogP contribution >= 0.6 is 0 Å². The molecule has 0 aromatic heterocycles. The molecule has 0 amide bonds. The molecule has 0 aliphatic heterocycles. The minimum absolute atomic E-state index is 0.669. The van der Waals surface area contributed by atoms with E-state index in [-0.39, 0.29) is 0 Å². The number of aliphatic hydroxyl groups is 1. The van der Waals surface area contributed by atoms with Gasteiger partial charge in [-0.2, -0.15) is 0 Å². The Hall–Kier alpha value is -0.820. The number of hydrogen-bond donors (Lipinski definition) is 1. The molecule has 1 aromatic rings. The summed E-state index contributed by atoms with van der Waals surface area (Å²) in [5.74, 6) is 0. The first-order chi connectivity index (χ1) is 8.60. The average molecular weight is 248 g/mol. The van der Waals surface area contributed by atoms with Gasteiger partial charge in [-0.3, -0.25) is 0 Å². The van der Waals surface area contributed by atoms with Gasteiger partial charge in [0.1, 0.15) is 0 Å². The first kappa shape index (κ1) is 15.2. The van der Waals surface area contributed by atoms with Gasteiger partial charge in [-0.15, -0.1) is 0 Å². The van der Waals surface area contributed by atoms with E-state index in [0.29, 0.717) is 0 Å². The van der Waals surface area contributed by atoms with Crippen LogP contribution in [0.4, 0.5) is 0 Å². The van der Waals surface area contributed by atoms with Crippen LogP contribution in [0, 0.1) is 0 Å². The lowest BCUT2D eigenvalue weighted by Gasteiger charge is -2.24. The molecule has 1 heteroatoms. The van der Waals surface area contributed by atoms with E-state index in [0.717, 1.165) is 24.8 Å². The molecule has 1 atom stereocenters. The van der Waals surface area contributed by atoms with E-state index in [9.17, 15) is 5.11 Å². The third-order valence-electron chi connectivity index (χ3n) is 3.64. The fourth-order valence-electron chi connectivity index (χ4n) is 2.31. The summed E-state index contributed by atoms with van der Waals surface area (Å²) in [6.07, 6.45) is 7.92. The molecule has 1 nitrogen and oxygen atoms in total. The Bertz CT molecular complexity index is 341. The lowest BCUT2D eigenvalue weighted by Crippen LogP contribution is -2.21. The first-order valence-corrected chi connectivity index (χ1v) is 7.42. The van der Waals surface area contributed by atoms with Gasteiger partial charge >= 0.3 is 0 Å². The summed E-state index contributed by atoms with van der Waals surface area (Å²) in [6, 6.07) is 8.49. The maximum absolute atomic E-state index is 10.6. The van der Waals surface area contributed by atoms with Crippen molar-refractivity contribution in [3.8, 4) is 0 Å². The van der Waals surface area contributed by atoms with Crippen LogP contribution in [0.3, 0.4) is 0 Å². The van der Waals surface area contributed by atoms with Crippen molar-refractivity contribution in [1.82, 2.24) is 0 Å². The molecule has 0 fully saturated rings. The zero-order chi connectivity index (χ0) is 13.4. The van der Waals surface area contributed by atoms with Crippen molar-refractivity contribution in [2.75, 3.05) is 0 Å². The third kappa shape index (κ3) is 4.81. The minimum Gasteiger partial charge on any atom is -0.385 e. The number of aryl methyl sites for hydroxylation is 1. The molecule has 0 saturated carbocycles. The standard InChI is InChI=1S/C17H28O/c1-4-6-8-13-17(3,18)16-12-9-11-15(14-16)10-7-5-2/h9,11-12,14,18H,4-8,10,13H2,1-3H3. The molecular weight excluding hydrogens is 220 g/mol. The summed E-state index contributed by atoms with van der Waals surface area (Å²) in [5, 5.41) is 10.6. The van der Waals surface area contributed by atoms with E-state index >= 15 is 0 Å². The van der Waals surface area contributed by atoms with Crippen molar-refractivity contribution in [1.29, 1.82) is 0 Å². The highest BCUT2D eigenvalue weighted by molar-refractivity contribution is 5.27. The Kier molecular flexibility index (Phi) is 6.42. The fourth-order valence-corrected chi connectivity index (χ4v) is 2.31. The van der Waals surface area contributed by atoms with Gasteiger partial charge in [-0.1, -0.05) is 63.8 Å². The van der Waals surface area contributed by atoms with Crippen molar-refractivity contribution in [3.05, 3.63) is 35.4 Å². The van der Waals surface area contributed by atoms with Crippen LogP contribution in [-0.2, 0) is 12.0 Å². The topological polar surface area (TPSA) is 20.2 Å². The van der Waals surface area contributed by atoms with Gasteiger partial charge in [-0.25, -0.2) is 0 Å². The normalized spacial score (nSPS) is 14.4. The van der Waals surface area contributed by atoms with Gasteiger partial charge < -0.3 is 5.11 Å². The maximum atomic E-state index is 10.6. The van der Waals surface area contributed by atoms with Gasteiger partial charge in [0.25, 0.3) is 0 Å². The average Bonchev–Trinajstić information content (AvgIpc) is 2.37. The molecule has 0 radical (unpaired) electrons.